The van der Waals surface area contributed by atoms with Gasteiger partial charge in [0.1, 0.15) is 0 Å². The summed E-state index contributed by atoms with van der Waals surface area (Å²) in [5, 5.41) is 5.34. The van der Waals surface area contributed by atoms with Crippen molar-refractivity contribution in [3.63, 3.8) is 0 Å². The van der Waals surface area contributed by atoms with E-state index >= 15 is 0 Å². The second-order valence-electron chi connectivity index (χ2n) is 6.83. The highest BCUT2D eigenvalue weighted by Gasteiger charge is 2.31. The molecule has 2 heterocycles. The van der Waals surface area contributed by atoms with Gasteiger partial charge in [0.25, 0.3) is 0 Å². The van der Waals surface area contributed by atoms with Crippen LogP contribution in [0.1, 0.15) is 24.8 Å². The Kier molecular flexibility index (Phi) is 5.88. The minimum absolute atomic E-state index is 0.0579. The summed E-state index contributed by atoms with van der Waals surface area (Å²) in [4.78, 5) is 26.2. The zero-order chi connectivity index (χ0) is 19.4. The summed E-state index contributed by atoms with van der Waals surface area (Å²) in [6.45, 7) is 2.24. The van der Waals surface area contributed by atoms with Crippen molar-refractivity contribution < 1.29 is 27.5 Å². The zero-order valence-electron chi connectivity index (χ0n) is 14.7. The van der Waals surface area contributed by atoms with Gasteiger partial charge in [-0.3, -0.25) is 4.79 Å². The Morgan fingerprint density at radius 2 is 1.74 bits per heavy atom. The molecule has 2 saturated heterocycles. The van der Waals surface area contributed by atoms with E-state index in [-0.39, 0.29) is 23.6 Å². The molecule has 0 bridgehead atoms. The second kappa shape index (κ2) is 8.16. The van der Waals surface area contributed by atoms with Gasteiger partial charge in [-0.25, -0.2) is 4.79 Å². The summed E-state index contributed by atoms with van der Waals surface area (Å²) < 4.78 is 42.9. The predicted molar refractivity (Wildman–Crippen MR) is 92.1 cm³/mol. The van der Waals surface area contributed by atoms with E-state index in [2.05, 4.69) is 10.6 Å². The Morgan fingerprint density at radius 3 is 2.30 bits per heavy atom. The first kappa shape index (κ1) is 19.5. The first-order valence-electron chi connectivity index (χ1n) is 8.94. The lowest BCUT2D eigenvalue weighted by atomic mass is 10.0. The fourth-order valence-electron chi connectivity index (χ4n) is 3.33. The number of nitrogens with one attached hydrogen (secondary N) is 2. The number of halogens is 3. The monoisotopic (exact) mass is 385 g/mol. The van der Waals surface area contributed by atoms with Gasteiger partial charge in [-0.15, -0.1) is 0 Å². The van der Waals surface area contributed by atoms with Crippen LogP contribution in [0.25, 0.3) is 0 Å². The molecule has 0 radical (unpaired) electrons. The van der Waals surface area contributed by atoms with Crippen molar-refractivity contribution in [1.82, 2.24) is 10.2 Å². The number of alkyl halides is 3. The summed E-state index contributed by atoms with van der Waals surface area (Å²) in [5.41, 5.74) is -0.479. The van der Waals surface area contributed by atoms with Crippen LogP contribution in [0.15, 0.2) is 24.3 Å². The number of anilines is 1. The maximum absolute atomic E-state index is 12.5. The molecule has 3 amide bonds. The number of carbonyl (C=O) groups excluding carboxylic acids is 2. The molecule has 2 fully saturated rings. The van der Waals surface area contributed by atoms with Crippen LogP contribution in [0.3, 0.4) is 0 Å². The van der Waals surface area contributed by atoms with Gasteiger partial charge in [-0.1, -0.05) is 0 Å². The molecule has 1 aromatic carbocycles. The van der Waals surface area contributed by atoms with Crippen molar-refractivity contribution >= 4 is 17.6 Å². The van der Waals surface area contributed by atoms with Crippen molar-refractivity contribution in [2.45, 2.75) is 31.5 Å². The Hall–Kier alpha value is -2.29. The number of likely N-dealkylation sites (tertiary alicyclic amines) is 1. The number of piperidine rings is 1. The van der Waals surface area contributed by atoms with Crippen LogP contribution < -0.4 is 10.6 Å². The fourth-order valence-corrected chi connectivity index (χ4v) is 3.33. The molecule has 148 valence electrons. The number of carbonyl (C=O) groups is 2. The molecule has 27 heavy (non-hydrogen) atoms. The number of hydrogen-bond acceptors (Lipinski definition) is 3. The number of urea groups is 1. The molecule has 2 aliphatic heterocycles. The van der Waals surface area contributed by atoms with E-state index in [4.69, 9.17) is 4.74 Å². The van der Waals surface area contributed by atoms with Crippen LogP contribution >= 0.6 is 0 Å². The standard InChI is InChI=1S/C18H22F3N3O3/c19-18(20,21)13-1-3-14(4-2-13)22-17(26)23-15-5-8-24(9-6-15)16(25)12-7-10-27-11-12/h1-4,12,15H,5-11H2,(H2,22,23,26)/t12-/m1/s1. The number of ether oxygens (including phenoxy) is 1. The third kappa shape index (κ3) is 5.12. The van der Waals surface area contributed by atoms with Crippen LogP contribution in [0.2, 0.25) is 0 Å². The van der Waals surface area contributed by atoms with Gasteiger partial charge in [0.2, 0.25) is 5.91 Å². The topological polar surface area (TPSA) is 70.7 Å². The third-order valence-corrected chi connectivity index (χ3v) is 4.89. The van der Waals surface area contributed by atoms with Gasteiger partial charge >= 0.3 is 12.2 Å². The van der Waals surface area contributed by atoms with Crippen LogP contribution in [-0.4, -0.2) is 49.2 Å². The maximum Gasteiger partial charge on any atom is 0.416 e. The molecule has 0 saturated carbocycles. The Morgan fingerprint density at radius 1 is 1.07 bits per heavy atom. The molecular formula is C18H22F3N3O3. The lowest BCUT2D eigenvalue weighted by molar-refractivity contribution is -0.138. The molecule has 9 heteroatoms. The van der Waals surface area contributed by atoms with E-state index in [1.807, 2.05) is 4.90 Å². The van der Waals surface area contributed by atoms with Crippen LogP contribution in [0, 0.1) is 5.92 Å². The van der Waals surface area contributed by atoms with Gasteiger partial charge in [0.15, 0.2) is 0 Å². The Bertz CT molecular complexity index is 665. The quantitative estimate of drug-likeness (QED) is 0.841. The first-order valence-corrected chi connectivity index (χ1v) is 8.94. The molecule has 2 aliphatic rings. The summed E-state index contributed by atoms with van der Waals surface area (Å²) >= 11 is 0. The van der Waals surface area contributed by atoms with Crippen LogP contribution in [-0.2, 0) is 15.7 Å². The molecule has 0 unspecified atom stereocenters. The average Bonchev–Trinajstić information content (AvgIpc) is 3.16. The van der Waals surface area contributed by atoms with Gasteiger partial charge in [-0.05, 0) is 43.5 Å². The van der Waals surface area contributed by atoms with Crippen molar-refractivity contribution in [2.75, 3.05) is 31.6 Å². The van der Waals surface area contributed by atoms with Crippen molar-refractivity contribution in [3.8, 4) is 0 Å². The number of hydrogen-bond donors (Lipinski definition) is 2. The molecule has 3 rings (SSSR count). The summed E-state index contributed by atoms with van der Waals surface area (Å²) in [7, 11) is 0. The van der Waals surface area contributed by atoms with Crippen LogP contribution in [0.5, 0.6) is 0 Å². The molecule has 0 aliphatic carbocycles. The highest BCUT2D eigenvalue weighted by Crippen LogP contribution is 2.29. The number of nitrogens with zero attached hydrogens (tertiary/aromatic N) is 1. The summed E-state index contributed by atoms with van der Waals surface area (Å²) in [6.07, 6.45) is -2.37. The molecule has 0 spiro atoms. The highest BCUT2D eigenvalue weighted by molar-refractivity contribution is 5.89. The Balaban J connectivity index is 1.43. The van der Waals surface area contributed by atoms with Gasteiger partial charge < -0.3 is 20.3 Å². The zero-order valence-corrected chi connectivity index (χ0v) is 14.7. The molecule has 0 aromatic heterocycles. The molecule has 1 atom stereocenters. The first-order chi connectivity index (χ1) is 12.8. The number of rotatable bonds is 3. The van der Waals surface area contributed by atoms with Gasteiger partial charge in [-0.2, -0.15) is 13.2 Å². The fraction of sp³-hybridized carbons (Fsp3) is 0.556. The minimum Gasteiger partial charge on any atom is -0.381 e. The van der Waals surface area contributed by atoms with E-state index < -0.39 is 17.8 Å². The van der Waals surface area contributed by atoms with Crippen LogP contribution in [0.4, 0.5) is 23.7 Å². The Labute approximate surface area is 155 Å². The maximum atomic E-state index is 12.5. The summed E-state index contributed by atoms with van der Waals surface area (Å²) in [5.74, 6) is 0.0534. The number of benzene rings is 1. The molecular weight excluding hydrogens is 363 g/mol. The number of amides is 3. The molecule has 1 aromatic rings. The molecule has 6 nitrogen and oxygen atoms in total. The average molecular weight is 385 g/mol. The van der Waals surface area contributed by atoms with E-state index in [0.717, 1.165) is 18.6 Å². The second-order valence-corrected chi connectivity index (χ2v) is 6.83. The predicted octanol–water partition coefficient (Wildman–Crippen LogP) is 2.85. The van der Waals surface area contributed by atoms with E-state index in [1.165, 1.54) is 12.1 Å². The largest absolute Gasteiger partial charge is 0.416 e. The van der Waals surface area contributed by atoms with Gasteiger partial charge in [0.05, 0.1) is 18.1 Å². The smallest absolute Gasteiger partial charge is 0.381 e. The van der Waals surface area contributed by atoms with E-state index in [1.54, 1.807) is 0 Å². The minimum atomic E-state index is -4.41. The normalized spacial score (nSPS) is 21.1. The van der Waals surface area contributed by atoms with E-state index in [9.17, 15) is 22.8 Å². The lowest BCUT2D eigenvalue weighted by Gasteiger charge is -2.33. The van der Waals surface area contributed by atoms with E-state index in [0.29, 0.717) is 39.1 Å². The summed E-state index contributed by atoms with van der Waals surface area (Å²) in [6, 6.07) is 3.73. The lowest BCUT2D eigenvalue weighted by Crippen LogP contribution is -2.49. The van der Waals surface area contributed by atoms with Crippen molar-refractivity contribution in [2.24, 2.45) is 5.92 Å². The van der Waals surface area contributed by atoms with Gasteiger partial charge in [0, 0.05) is 31.4 Å². The SMILES string of the molecule is O=C(Nc1ccc(C(F)(F)F)cc1)NC1CCN(C(=O)[C@@H]2CCOC2)CC1. The van der Waals surface area contributed by atoms with Crippen molar-refractivity contribution in [1.29, 1.82) is 0 Å². The third-order valence-electron chi connectivity index (χ3n) is 4.89. The molecule has 2 N–H and O–H groups in total. The van der Waals surface area contributed by atoms with Crippen molar-refractivity contribution in [3.05, 3.63) is 29.8 Å². The highest BCUT2D eigenvalue weighted by atomic mass is 19.4.